The van der Waals surface area contributed by atoms with E-state index in [1.807, 2.05) is 11.9 Å². The largest absolute Gasteiger partial charge is 0.347 e. The second-order valence-corrected chi connectivity index (χ2v) is 5.74. The summed E-state index contributed by atoms with van der Waals surface area (Å²) in [5.74, 6) is -0.0306. The first-order valence-electron chi connectivity index (χ1n) is 7.51. The van der Waals surface area contributed by atoms with Crippen molar-refractivity contribution in [1.29, 1.82) is 0 Å². The molecule has 0 bridgehead atoms. The number of hydrogen-bond acceptors (Lipinski definition) is 3. The Morgan fingerprint density at radius 2 is 2.00 bits per heavy atom. The Hall–Kier alpha value is -2.11. The molecule has 0 saturated heterocycles. The van der Waals surface area contributed by atoms with Crippen LogP contribution in [0.2, 0.25) is 0 Å². The Labute approximate surface area is 122 Å². The highest BCUT2D eigenvalue weighted by molar-refractivity contribution is 5.94. The van der Waals surface area contributed by atoms with Gasteiger partial charge in [-0.1, -0.05) is 25.7 Å². The zero-order valence-electron chi connectivity index (χ0n) is 12.2. The lowest BCUT2D eigenvalue weighted by Crippen LogP contribution is -2.37. The highest BCUT2D eigenvalue weighted by Gasteiger charge is 2.22. The fourth-order valence-electron chi connectivity index (χ4n) is 3.05. The Balaban J connectivity index is 1.84. The molecule has 2 aromatic heterocycles. The Morgan fingerprint density at radius 3 is 2.71 bits per heavy atom. The van der Waals surface area contributed by atoms with Crippen molar-refractivity contribution in [3.63, 3.8) is 0 Å². The molecule has 1 N–H and O–H groups in total. The number of pyridine rings is 1. The van der Waals surface area contributed by atoms with Crippen LogP contribution in [0.25, 0.3) is 5.65 Å². The predicted molar refractivity (Wildman–Crippen MR) is 79.4 cm³/mol. The van der Waals surface area contributed by atoms with Crippen molar-refractivity contribution in [2.24, 2.45) is 0 Å². The van der Waals surface area contributed by atoms with E-state index in [-0.39, 0.29) is 11.6 Å². The first-order valence-corrected chi connectivity index (χ1v) is 7.51. The van der Waals surface area contributed by atoms with Gasteiger partial charge in [-0.3, -0.25) is 4.79 Å². The van der Waals surface area contributed by atoms with Gasteiger partial charge < -0.3 is 4.90 Å². The molecule has 6 nitrogen and oxygen atoms in total. The van der Waals surface area contributed by atoms with Crippen molar-refractivity contribution < 1.29 is 4.79 Å². The van der Waals surface area contributed by atoms with Crippen LogP contribution >= 0.6 is 0 Å². The van der Waals surface area contributed by atoms with Gasteiger partial charge in [0.05, 0.1) is 5.56 Å². The van der Waals surface area contributed by atoms with E-state index >= 15 is 0 Å². The molecule has 1 aliphatic rings. The fourth-order valence-corrected chi connectivity index (χ4v) is 3.05. The Kier molecular flexibility index (Phi) is 3.77. The Bertz CT molecular complexity index is 695. The van der Waals surface area contributed by atoms with Gasteiger partial charge in [0, 0.05) is 19.3 Å². The van der Waals surface area contributed by atoms with Gasteiger partial charge in [-0.15, -0.1) is 0 Å². The third-order valence-corrected chi connectivity index (χ3v) is 4.35. The molecule has 0 aromatic carbocycles. The Morgan fingerprint density at radius 1 is 1.29 bits per heavy atom. The normalized spacial score (nSPS) is 16.8. The number of nitrogens with zero attached hydrogens (tertiary/aromatic N) is 3. The van der Waals surface area contributed by atoms with Crippen LogP contribution in [0.4, 0.5) is 0 Å². The van der Waals surface area contributed by atoms with Crippen LogP contribution in [0, 0.1) is 0 Å². The lowest BCUT2D eigenvalue weighted by molar-refractivity contribution is 0.0717. The minimum Gasteiger partial charge on any atom is -0.339 e. The van der Waals surface area contributed by atoms with Gasteiger partial charge in [-0.05, 0) is 25.0 Å². The number of hydrogen-bond donors (Lipinski definition) is 1. The quantitative estimate of drug-likeness (QED) is 0.857. The molecule has 1 fully saturated rings. The van der Waals surface area contributed by atoms with Crippen molar-refractivity contribution in [2.75, 3.05) is 7.05 Å². The van der Waals surface area contributed by atoms with E-state index in [1.54, 1.807) is 18.3 Å². The maximum atomic E-state index is 12.6. The van der Waals surface area contributed by atoms with Crippen molar-refractivity contribution in [3.8, 4) is 0 Å². The molecule has 0 unspecified atom stereocenters. The molecule has 2 aromatic rings. The number of aromatic amines is 1. The second kappa shape index (κ2) is 5.71. The van der Waals surface area contributed by atoms with Gasteiger partial charge in [0.15, 0.2) is 5.65 Å². The van der Waals surface area contributed by atoms with Crippen LogP contribution in [-0.2, 0) is 0 Å². The van der Waals surface area contributed by atoms with Gasteiger partial charge in [-0.25, -0.2) is 14.3 Å². The molecule has 1 aliphatic carbocycles. The fraction of sp³-hybridized carbons (Fsp3) is 0.533. The summed E-state index contributed by atoms with van der Waals surface area (Å²) in [4.78, 5) is 26.0. The summed E-state index contributed by atoms with van der Waals surface area (Å²) in [6, 6.07) is 3.72. The second-order valence-electron chi connectivity index (χ2n) is 5.74. The van der Waals surface area contributed by atoms with E-state index in [2.05, 4.69) is 10.2 Å². The van der Waals surface area contributed by atoms with E-state index in [4.69, 9.17) is 0 Å². The average Bonchev–Trinajstić information content (AvgIpc) is 2.72. The van der Waals surface area contributed by atoms with E-state index < -0.39 is 0 Å². The van der Waals surface area contributed by atoms with E-state index in [0.717, 1.165) is 12.8 Å². The van der Waals surface area contributed by atoms with Crippen LogP contribution in [0.5, 0.6) is 0 Å². The molecule has 0 atom stereocenters. The zero-order chi connectivity index (χ0) is 14.8. The molecule has 21 heavy (non-hydrogen) atoms. The van der Waals surface area contributed by atoms with Crippen molar-refractivity contribution in [1.82, 2.24) is 19.5 Å². The lowest BCUT2D eigenvalue weighted by atomic mass is 10.1. The van der Waals surface area contributed by atoms with Gasteiger partial charge in [0.2, 0.25) is 0 Å². The number of amides is 1. The predicted octanol–water partition coefficient (Wildman–Crippen LogP) is 1.82. The van der Waals surface area contributed by atoms with Gasteiger partial charge in [-0.2, -0.15) is 5.10 Å². The summed E-state index contributed by atoms with van der Waals surface area (Å²) >= 11 is 0. The van der Waals surface area contributed by atoms with Crippen molar-refractivity contribution >= 4 is 11.6 Å². The topological polar surface area (TPSA) is 70.5 Å². The SMILES string of the molecule is CN(C(=O)c1ccc2n[nH]c(=O)n2c1)C1CCCCCC1. The highest BCUT2D eigenvalue weighted by atomic mass is 16.2. The number of fused-ring (bicyclic) bond motifs is 1. The first kappa shape index (κ1) is 13.9. The monoisotopic (exact) mass is 288 g/mol. The number of nitrogens with one attached hydrogen (secondary N) is 1. The lowest BCUT2D eigenvalue weighted by Gasteiger charge is -2.27. The third kappa shape index (κ3) is 2.70. The number of carbonyl (C=O) groups excluding carboxylic acids is 1. The summed E-state index contributed by atoms with van der Waals surface area (Å²) in [5, 5.41) is 6.24. The van der Waals surface area contributed by atoms with E-state index in [0.29, 0.717) is 17.3 Å². The molecule has 1 saturated carbocycles. The number of carbonyl (C=O) groups is 1. The molecule has 2 heterocycles. The molecule has 112 valence electrons. The zero-order valence-corrected chi connectivity index (χ0v) is 12.2. The van der Waals surface area contributed by atoms with E-state index in [9.17, 15) is 9.59 Å². The van der Waals surface area contributed by atoms with Crippen molar-refractivity contribution in [2.45, 2.75) is 44.6 Å². The number of rotatable bonds is 2. The molecular formula is C15H20N4O2. The molecule has 1 amide bonds. The summed E-state index contributed by atoms with van der Waals surface area (Å²) in [5.41, 5.74) is 0.725. The molecule has 0 radical (unpaired) electrons. The smallest absolute Gasteiger partial charge is 0.339 e. The van der Waals surface area contributed by atoms with E-state index in [1.165, 1.54) is 30.1 Å². The van der Waals surface area contributed by atoms with Crippen LogP contribution in [0.1, 0.15) is 48.9 Å². The first-order chi connectivity index (χ1) is 10.2. The summed E-state index contributed by atoms with van der Waals surface area (Å²) in [6.45, 7) is 0. The van der Waals surface area contributed by atoms with Crippen LogP contribution < -0.4 is 5.69 Å². The minimum atomic E-state index is -0.322. The number of aromatic nitrogens is 3. The minimum absolute atomic E-state index is 0.0306. The summed E-state index contributed by atoms with van der Waals surface area (Å²) in [6.07, 6.45) is 8.58. The van der Waals surface area contributed by atoms with Crippen LogP contribution in [-0.4, -0.2) is 38.5 Å². The highest BCUT2D eigenvalue weighted by Crippen LogP contribution is 2.22. The number of H-pyrrole nitrogens is 1. The molecule has 0 aliphatic heterocycles. The third-order valence-electron chi connectivity index (χ3n) is 4.35. The maximum absolute atomic E-state index is 12.6. The molecule has 3 rings (SSSR count). The van der Waals surface area contributed by atoms with Crippen molar-refractivity contribution in [3.05, 3.63) is 34.4 Å². The maximum Gasteiger partial charge on any atom is 0.347 e. The average molecular weight is 288 g/mol. The van der Waals surface area contributed by atoms with Gasteiger partial charge in [0.1, 0.15) is 0 Å². The van der Waals surface area contributed by atoms with Crippen LogP contribution in [0.3, 0.4) is 0 Å². The standard InChI is InChI=1S/C15H20N4O2/c1-18(12-6-4-2-3-5-7-12)14(20)11-8-9-13-16-17-15(21)19(13)10-11/h8-10,12H,2-7H2,1H3,(H,17,21). The molecule has 6 heteroatoms. The molecule has 0 spiro atoms. The van der Waals surface area contributed by atoms with Gasteiger partial charge >= 0.3 is 5.69 Å². The molecular weight excluding hydrogens is 268 g/mol. The van der Waals surface area contributed by atoms with Gasteiger partial charge in [0.25, 0.3) is 5.91 Å². The van der Waals surface area contributed by atoms with Crippen LogP contribution in [0.15, 0.2) is 23.1 Å². The summed E-state index contributed by atoms with van der Waals surface area (Å²) in [7, 11) is 1.86. The summed E-state index contributed by atoms with van der Waals surface area (Å²) < 4.78 is 1.37.